The molecule has 0 aliphatic heterocycles. The van der Waals surface area contributed by atoms with E-state index in [0.717, 1.165) is 28.7 Å². The van der Waals surface area contributed by atoms with E-state index in [1.807, 2.05) is 6.07 Å². The van der Waals surface area contributed by atoms with Crippen molar-refractivity contribution in [1.29, 1.82) is 0 Å². The number of fused-ring (bicyclic) bond motifs is 1. The molecule has 0 saturated carbocycles. The first-order chi connectivity index (χ1) is 10.6. The van der Waals surface area contributed by atoms with Gasteiger partial charge in [0.2, 0.25) is 5.91 Å². The van der Waals surface area contributed by atoms with Crippen molar-refractivity contribution in [3.05, 3.63) is 65.5 Å². The molecule has 0 atom stereocenters. The lowest BCUT2D eigenvalue weighted by Gasteiger charge is -2.06. The minimum absolute atomic E-state index is 0.0194. The second-order valence-corrected chi connectivity index (χ2v) is 4.90. The summed E-state index contributed by atoms with van der Waals surface area (Å²) in [5, 5.41) is 3.51. The largest absolute Gasteiger partial charge is 0.352 e. The van der Waals surface area contributed by atoms with Gasteiger partial charge in [-0.2, -0.15) is 0 Å². The number of halogens is 2. The molecule has 4 nitrogen and oxygen atoms in total. The molecular formula is C16H13F2N3O. The Kier molecular flexibility index (Phi) is 3.82. The van der Waals surface area contributed by atoms with Gasteiger partial charge in [-0.15, -0.1) is 0 Å². The predicted molar refractivity (Wildman–Crippen MR) is 78.0 cm³/mol. The fourth-order valence-electron chi connectivity index (χ4n) is 2.25. The molecule has 0 aliphatic rings. The Morgan fingerprint density at radius 2 is 2.09 bits per heavy atom. The third-order valence-corrected chi connectivity index (χ3v) is 3.38. The number of rotatable bonds is 4. The molecule has 3 aromatic rings. The van der Waals surface area contributed by atoms with Crippen LogP contribution < -0.4 is 5.32 Å². The van der Waals surface area contributed by atoms with E-state index < -0.39 is 11.6 Å². The van der Waals surface area contributed by atoms with E-state index in [4.69, 9.17) is 0 Å². The summed E-state index contributed by atoms with van der Waals surface area (Å²) >= 11 is 0. The van der Waals surface area contributed by atoms with Crippen LogP contribution in [0.5, 0.6) is 0 Å². The lowest BCUT2D eigenvalue weighted by Crippen LogP contribution is -2.25. The Morgan fingerprint density at radius 3 is 2.91 bits per heavy atom. The van der Waals surface area contributed by atoms with E-state index in [-0.39, 0.29) is 24.4 Å². The monoisotopic (exact) mass is 301 g/mol. The molecule has 22 heavy (non-hydrogen) atoms. The fourth-order valence-corrected chi connectivity index (χ4v) is 2.25. The zero-order chi connectivity index (χ0) is 15.5. The summed E-state index contributed by atoms with van der Waals surface area (Å²) in [6.07, 6.45) is 3.56. The highest BCUT2D eigenvalue weighted by Crippen LogP contribution is 2.16. The zero-order valence-corrected chi connectivity index (χ0v) is 11.6. The zero-order valence-electron chi connectivity index (χ0n) is 11.6. The van der Waals surface area contributed by atoms with Gasteiger partial charge in [-0.3, -0.25) is 4.79 Å². The molecule has 2 aromatic heterocycles. The van der Waals surface area contributed by atoms with E-state index in [0.29, 0.717) is 0 Å². The molecule has 112 valence electrons. The van der Waals surface area contributed by atoms with Crippen molar-refractivity contribution in [3.63, 3.8) is 0 Å². The summed E-state index contributed by atoms with van der Waals surface area (Å²) in [6.45, 7) is 0.0194. The number of nitrogens with one attached hydrogen (secondary N) is 2. The fraction of sp³-hybridized carbons (Fsp3) is 0.125. The van der Waals surface area contributed by atoms with Crippen molar-refractivity contribution in [1.82, 2.24) is 15.3 Å². The SMILES string of the molecule is O=C(Cc1c[nH]c2ncccc12)NCc1ccc(F)cc1F. The number of nitrogens with zero attached hydrogens (tertiary/aromatic N) is 1. The molecular weight excluding hydrogens is 288 g/mol. The number of amides is 1. The molecule has 0 spiro atoms. The molecule has 1 amide bonds. The first kappa shape index (κ1) is 14.2. The van der Waals surface area contributed by atoms with Gasteiger partial charge in [-0.1, -0.05) is 6.07 Å². The van der Waals surface area contributed by atoms with Crippen LogP contribution in [-0.2, 0) is 17.8 Å². The summed E-state index contributed by atoms with van der Waals surface area (Å²) in [5.74, 6) is -1.55. The number of H-pyrrole nitrogens is 1. The Balaban J connectivity index is 1.65. The third kappa shape index (κ3) is 2.95. The highest BCUT2D eigenvalue weighted by atomic mass is 19.1. The number of hydrogen-bond acceptors (Lipinski definition) is 2. The standard InChI is InChI=1S/C16H13F2N3O/c17-12-4-3-10(14(18)7-12)8-20-15(22)6-11-9-21-16-13(11)2-1-5-19-16/h1-5,7,9H,6,8H2,(H,19,21)(H,20,22). The van der Waals surface area contributed by atoms with E-state index in [1.165, 1.54) is 6.07 Å². The van der Waals surface area contributed by atoms with Crippen LogP contribution in [0.2, 0.25) is 0 Å². The van der Waals surface area contributed by atoms with Crippen molar-refractivity contribution < 1.29 is 13.6 Å². The molecule has 0 unspecified atom stereocenters. The number of carbonyl (C=O) groups is 1. The molecule has 2 N–H and O–H groups in total. The smallest absolute Gasteiger partial charge is 0.224 e. The normalized spacial score (nSPS) is 10.8. The third-order valence-electron chi connectivity index (χ3n) is 3.38. The Bertz CT molecular complexity index is 829. The minimum atomic E-state index is -0.670. The maximum absolute atomic E-state index is 13.5. The van der Waals surface area contributed by atoms with Gasteiger partial charge in [0.05, 0.1) is 6.42 Å². The summed E-state index contributed by atoms with van der Waals surface area (Å²) < 4.78 is 26.3. The Morgan fingerprint density at radius 1 is 1.23 bits per heavy atom. The first-order valence-corrected chi connectivity index (χ1v) is 6.75. The van der Waals surface area contributed by atoms with Gasteiger partial charge in [0.1, 0.15) is 17.3 Å². The molecule has 6 heteroatoms. The average molecular weight is 301 g/mol. The van der Waals surface area contributed by atoms with Crippen LogP contribution in [0.3, 0.4) is 0 Å². The van der Waals surface area contributed by atoms with Crippen LogP contribution in [0.25, 0.3) is 11.0 Å². The van der Waals surface area contributed by atoms with Crippen LogP contribution in [0.1, 0.15) is 11.1 Å². The lowest BCUT2D eigenvalue weighted by atomic mass is 10.1. The topological polar surface area (TPSA) is 57.8 Å². The Labute approximate surface area is 125 Å². The molecule has 0 bridgehead atoms. The average Bonchev–Trinajstić information content (AvgIpc) is 2.90. The van der Waals surface area contributed by atoms with Crippen LogP contribution in [0.4, 0.5) is 8.78 Å². The molecule has 3 rings (SSSR count). The highest BCUT2D eigenvalue weighted by molar-refractivity contribution is 5.87. The lowest BCUT2D eigenvalue weighted by molar-refractivity contribution is -0.120. The summed E-state index contributed by atoms with van der Waals surface area (Å²) in [7, 11) is 0. The van der Waals surface area contributed by atoms with E-state index >= 15 is 0 Å². The molecule has 2 heterocycles. The summed E-state index contributed by atoms with van der Waals surface area (Å²) in [6, 6.07) is 6.95. The molecule has 0 radical (unpaired) electrons. The van der Waals surface area contributed by atoms with Crippen LogP contribution in [0, 0.1) is 11.6 Å². The quantitative estimate of drug-likeness (QED) is 0.778. The van der Waals surface area contributed by atoms with E-state index in [9.17, 15) is 13.6 Å². The first-order valence-electron chi connectivity index (χ1n) is 6.75. The van der Waals surface area contributed by atoms with E-state index in [1.54, 1.807) is 18.5 Å². The van der Waals surface area contributed by atoms with Crippen molar-refractivity contribution in [3.8, 4) is 0 Å². The highest BCUT2D eigenvalue weighted by Gasteiger charge is 2.10. The molecule has 0 aliphatic carbocycles. The predicted octanol–water partition coefficient (Wildman–Crippen LogP) is 2.70. The number of hydrogen-bond donors (Lipinski definition) is 2. The number of benzene rings is 1. The van der Waals surface area contributed by atoms with Gasteiger partial charge >= 0.3 is 0 Å². The molecule has 0 fully saturated rings. The minimum Gasteiger partial charge on any atom is -0.352 e. The van der Waals surface area contributed by atoms with Crippen LogP contribution >= 0.6 is 0 Å². The summed E-state index contributed by atoms with van der Waals surface area (Å²) in [5.41, 5.74) is 1.78. The maximum Gasteiger partial charge on any atom is 0.224 e. The van der Waals surface area contributed by atoms with Crippen molar-refractivity contribution >= 4 is 16.9 Å². The van der Waals surface area contributed by atoms with Gasteiger partial charge < -0.3 is 10.3 Å². The van der Waals surface area contributed by atoms with Crippen molar-refractivity contribution in [2.75, 3.05) is 0 Å². The Hall–Kier alpha value is -2.76. The summed E-state index contributed by atoms with van der Waals surface area (Å²) in [4.78, 5) is 19.1. The number of pyridine rings is 1. The van der Waals surface area contributed by atoms with Crippen molar-refractivity contribution in [2.45, 2.75) is 13.0 Å². The maximum atomic E-state index is 13.5. The van der Waals surface area contributed by atoms with Crippen LogP contribution in [0.15, 0.2) is 42.7 Å². The van der Waals surface area contributed by atoms with E-state index in [2.05, 4.69) is 15.3 Å². The van der Waals surface area contributed by atoms with Gasteiger partial charge in [-0.25, -0.2) is 13.8 Å². The van der Waals surface area contributed by atoms with Gasteiger partial charge in [0.15, 0.2) is 0 Å². The van der Waals surface area contributed by atoms with Gasteiger partial charge in [-0.05, 0) is 23.8 Å². The number of aromatic nitrogens is 2. The number of aromatic amines is 1. The second-order valence-electron chi connectivity index (χ2n) is 4.90. The van der Waals surface area contributed by atoms with Gasteiger partial charge in [0, 0.05) is 36.0 Å². The number of carbonyl (C=O) groups excluding carboxylic acids is 1. The van der Waals surface area contributed by atoms with Gasteiger partial charge in [0.25, 0.3) is 0 Å². The second kappa shape index (κ2) is 5.93. The van der Waals surface area contributed by atoms with Crippen molar-refractivity contribution in [2.24, 2.45) is 0 Å². The van der Waals surface area contributed by atoms with Crippen LogP contribution in [-0.4, -0.2) is 15.9 Å². The molecule has 1 aromatic carbocycles. The molecule has 0 saturated heterocycles.